The van der Waals surface area contributed by atoms with Crippen LogP contribution in [0, 0.1) is 15.9 Å². The third-order valence-electron chi connectivity index (χ3n) is 3.50. The Bertz CT molecular complexity index is 479. The van der Waals surface area contributed by atoms with Crippen molar-refractivity contribution in [1.29, 1.82) is 0 Å². The van der Waals surface area contributed by atoms with Crippen molar-refractivity contribution in [2.75, 3.05) is 11.9 Å². The molecule has 1 aliphatic rings. The molecule has 5 nitrogen and oxygen atoms in total. The van der Waals surface area contributed by atoms with E-state index in [9.17, 15) is 14.5 Å². The van der Waals surface area contributed by atoms with Crippen LogP contribution in [0.3, 0.4) is 0 Å². The normalized spacial score (nSPS) is 22.5. The Morgan fingerprint density at radius 2 is 2.35 bits per heavy atom. The Hall–Kier alpha value is -1.69. The maximum atomic E-state index is 13.7. The highest BCUT2D eigenvalue weighted by Crippen LogP contribution is 2.25. The Morgan fingerprint density at radius 1 is 1.55 bits per heavy atom. The molecule has 2 rings (SSSR count). The molecular formula is C14H19FN2O3. The van der Waals surface area contributed by atoms with E-state index in [1.54, 1.807) is 0 Å². The molecule has 6 heteroatoms. The molecule has 2 unspecified atom stereocenters. The van der Waals surface area contributed by atoms with Gasteiger partial charge in [-0.05, 0) is 25.3 Å². The molecule has 0 amide bonds. The number of anilines is 1. The summed E-state index contributed by atoms with van der Waals surface area (Å²) in [5.41, 5.74) is 0.0902. The Morgan fingerprint density at radius 3 is 3.05 bits per heavy atom. The van der Waals surface area contributed by atoms with E-state index in [2.05, 4.69) is 12.2 Å². The summed E-state index contributed by atoms with van der Waals surface area (Å²) >= 11 is 0. The topological polar surface area (TPSA) is 64.4 Å². The minimum absolute atomic E-state index is 0.0943. The Labute approximate surface area is 117 Å². The number of nitrogens with one attached hydrogen (secondary N) is 1. The van der Waals surface area contributed by atoms with E-state index < -0.39 is 10.7 Å². The second-order valence-corrected chi connectivity index (χ2v) is 5.07. The number of nitro benzene ring substituents is 1. The van der Waals surface area contributed by atoms with Crippen LogP contribution in [0.15, 0.2) is 18.2 Å². The second kappa shape index (κ2) is 6.65. The van der Waals surface area contributed by atoms with Crippen LogP contribution in [0.2, 0.25) is 0 Å². The summed E-state index contributed by atoms with van der Waals surface area (Å²) < 4.78 is 19.4. The fourth-order valence-electron chi connectivity index (χ4n) is 2.49. The van der Waals surface area contributed by atoms with E-state index in [1.165, 1.54) is 12.1 Å². The van der Waals surface area contributed by atoms with Crippen molar-refractivity contribution in [2.45, 2.75) is 44.8 Å². The minimum Gasteiger partial charge on any atom is -0.380 e. The van der Waals surface area contributed by atoms with Gasteiger partial charge in [-0.2, -0.15) is 0 Å². The van der Waals surface area contributed by atoms with E-state index >= 15 is 0 Å². The summed E-state index contributed by atoms with van der Waals surface area (Å²) in [6.45, 7) is 2.74. The zero-order valence-corrected chi connectivity index (χ0v) is 11.5. The largest absolute Gasteiger partial charge is 0.380 e. The lowest BCUT2D eigenvalue weighted by atomic mass is 10.00. The van der Waals surface area contributed by atoms with Crippen LogP contribution in [0.1, 0.15) is 32.6 Å². The van der Waals surface area contributed by atoms with Gasteiger partial charge in [-0.15, -0.1) is 0 Å². The number of halogens is 1. The fourth-order valence-corrected chi connectivity index (χ4v) is 2.49. The molecule has 1 saturated heterocycles. The molecular weight excluding hydrogens is 263 g/mol. The Balaban J connectivity index is 2.05. The van der Waals surface area contributed by atoms with Crippen molar-refractivity contribution in [3.63, 3.8) is 0 Å². The van der Waals surface area contributed by atoms with Gasteiger partial charge in [-0.25, -0.2) is 4.39 Å². The highest BCUT2D eigenvalue weighted by molar-refractivity contribution is 5.52. The molecule has 20 heavy (non-hydrogen) atoms. The van der Waals surface area contributed by atoms with Crippen LogP contribution < -0.4 is 5.32 Å². The van der Waals surface area contributed by atoms with Gasteiger partial charge < -0.3 is 10.1 Å². The van der Waals surface area contributed by atoms with Crippen LogP contribution in [0.5, 0.6) is 0 Å². The van der Waals surface area contributed by atoms with E-state index in [1.807, 2.05) is 0 Å². The van der Waals surface area contributed by atoms with Crippen LogP contribution >= 0.6 is 0 Å². The van der Waals surface area contributed by atoms with E-state index in [0.29, 0.717) is 6.61 Å². The maximum absolute atomic E-state index is 13.7. The summed E-state index contributed by atoms with van der Waals surface area (Å²) in [7, 11) is 0. The maximum Gasteiger partial charge on any atom is 0.271 e. The van der Waals surface area contributed by atoms with Gasteiger partial charge in [-0.1, -0.05) is 13.3 Å². The number of nitro groups is 1. The van der Waals surface area contributed by atoms with Crippen LogP contribution in [0.4, 0.5) is 15.8 Å². The number of hydrogen-bond donors (Lipinski definition) is 1. The molecule has 1 N–H and O–H groups in total. The molecule has 0 bridgehead atoms. The Kier molecular flexibility index (Phi) is 4.89. The number of rotatable bonds is 5. The van der Waals surface area contributed by atoms with Crippen molar-refractivity contribution in [2.24, 2.45) is 0 Å². The van der Waals surface area contributed by atoms with Gasteiger partial charge >= 0.3 is 0 Å². The summed E-state index contributed by atoms with van der Waals surface area (Å²) in [6.07, 6.45) is 3.80. The highest BCUT2D eigenvalue weighted by Gasteiger charge is 2.23. The van der Waals surface area contributed by atoms with Gasteiger partial charge in [0.25, 0.3) is 5.69 Å². The van der Waals surface area contributed by atoms with Crippen LogP contribution in [-0.4, -0.2) is 23.7 Å². The first kappa shape index (κ1) is 14.7. The number of benzene rings is 1. The third-order valence-corrected chi connectivity index (χ3v) is 3.50. The number of nitrogens with zero attached hydrogens (tertiary/aromatic N) is 1. The van der Waals surface area contributed by atoms with Crippen molar-refractivity contribution < 1.29 is 14.1 Å². The van der Waals surface area contributed by atoms with E-state index in [-0.39, 0.29) is 23.5 Å². The molecule has 1 aromatic rings. The van der Waals surface area contributed by atoms with Crippen molar-refractivity contribution in [3.05, 3.63) is 34.1 Å². The molecule has 0 radical (unpaired) electrons. The highest BCUT2D eigenvalue weighted by atomic mass is 19.1. The SMILES string of the molecule is CCCC1CC(Nc2cc([N+](=O)[O-])ccc2F)CCO1. The smallest absolute Gasteiger partial charge is 0.271 e. The van der Waals surface area contributed by atoms with Crippen molar-refractivity contribution >= 4 is 11.4 Å². The quantitative estimate of drug-likeness (QED) is 0.663. The average molecular weight is 282 g/mol. The standard InChI is InChI=1S/C14H19FN2O3/c1-2-3-12-8-10(6-7-20-12)16-14-9-11(17(18)19)4-5-13(14)15/h4-5,9-10,12,16H,2-3,6-8H2,1H3. The van der Waals surface area contributed by atoms with Gasteiger partial charge in [0.2, 0.25) is 0 Å². The first-order valence-corrected chi connectivity index (χ1v) is 6.92. The molecule has 1 aromatic carbocycles. The molecule has 0 aliphatic carbocycles. The van der Waals surface area contributed by atoms with Gasteiger partial charge in [0.1, 0.15) is 5.82 Å². The second-order valence-electron chi connectivity index (χ2n) is 5.07. The van der Waals surface area contributed by atoms with Crippen LogP contribution in [0.25, 0.3) is 0 Å². The fraction of sp³-hybridized carbons (Fsp3) is 0.571. The summed E-state index contributed by atoms with van der Waals surface area (Å²) in [6, 6.07) is 3.64. The first-order chi connectivity index (χ1) is 9.60. The van der Waals surface area contributed by atoms with Gasteiger partial charge in [0.05, 0.1) is 16.7 Å². The molecule has 110 valence electrons. The number of non-ortho nitro benzene ring substituents is 1. The monoisotopic (exact) mass is 282 g/mol. The molecule has 2 atom stereocenters. The van der Waals surface area contributed by atoms with E-state index in [4.69, 9.17) is 4.74 Å². The van der Waals surface area contributed by atoms with Gasteiger partial charge in [-0.3, -0.25) is 10.1 Å². The first-order valence-electron chi connectivity index (χ1n) is 6.92. The lowest BCUT2D eigenvalue weighted by Crippen LogP contribution is -2.34. The summed E-state index contributed by atoms with van der Waals surface area (Å²) in [4.78, 5) is 10.2. The van der Waals surface area contributed by atoms with Gasteiger partial charge in [0.15, 0.2) is 0 Å². The average Bonchev–Trinajstić information content (AvgIpc) is 2.42. The zero-order valence-electron chi connectivity index (χ0n) is 11.5. The van der Waals surface area contributed by atoms with Crippen LogP contribution in [-0.2, 0) is 4.74 Å². The lowest BCUT2D eigenvalue weighted by Gasteiger charge is -2.30. The molecule has 0 aromatic heterocycles. The summed E-state index contributed by atoms with van der Waals surface area (Å²) in [5.74, 6) is -0.464. The van der Waals surface area contributed by atoms with Crippen molar-refractivity contribution in [1.82, 2.24) is 0 Å². The number of hydrogen-bond acceptors (Lipinski definition) is 4. The van der Waals surface area contributed by atoms with E-state index in [0.717, 1.165) is 31.7 Å². The molecule has 0 spiro atoms. The minimum atomic E-state index is -0.519. The summed E-state index contributed by atoms with van der Waals surface area (Å²) in [5, 5.41) is 13.8. The molecule has 0 saturated carbocycles. The molecule has 1 aliphatic heterocycles. The molecule has 1 fully saturated rings. The molecule has 1 heterocycles. The number of ether oxygens (including phenoxy) is 1. The van der Waals surface area contributed by atoms with Gasteiger partial charge in [0, 0.05) is 24.8 Å². The van der Waals surface area contributed by atoms with Crippen molar-refractivity contribution in [3.8, 4) is 0 Å². The zero-order chi connectivity index (χ0) is 14.5. The third kappa shape index (κ3) is 3.66. The lowest BCUT2D eigenvalue weighted by molar-refractivity contribution is -0.384. The predicted octanol–water partition coefficient (Wildman–Crippen LogP) is 3.49. The predicted molar refractivity (Wildman–Crippen MR) is 74.3 cm³/mol.